The number of Topliss-reactive ketones (excluding diaryl/α,β-unsaturated/α-hetero) is 1. The zero-order valence-corrected chi connectivity index (χ0v) is 13.0. The maximum absolute atomic E-state index is 12.2. The summed E-state index contributed by atoms with van der Waals surface area (Å²) in [7, 11) is 1.36. The minimum atomic E-state index is -0.553. The van der Waals surface area contributed by atoms with Gasteiger partial charge >= 0.3 is 12.1 Å². The first kappa shape index (κ1) is 15.8. The van der Waals surface area contributed by atoms with Crippen LogP contribution < -0.4 is 0 Å². The Balaban J connectivity index is 2.04. The van der Waals surface area contributed by atoms with Crippen LogP contribution >= 0.6 is 0 Å². The van der Waals surface area contributed by atoms with E-state index in [1.165, 1.54) is 7.11 Å². The van der Waals surface area contributed by atoms with Crippen molar-refractivity contribution in [3.05, 3.63) is 0 Å². The fourth-order valence-corrected chi connectivity index (χ4v) is 3.12. The van der Waals surface area contributed by atoms with Crippen molar-refractivity contribution in [2.24, 2.45) is 17.8 Å². The fraction of sp³-hybridized carbons (Fsp3) is 0.800. The maximum Gasteiger partial charge on any atom is 0.410 e. The highest BCUT2D eigenvalue weighted by Crippen LogP contribution is 2.36. The number of methoxy groups -OCH3 is 1. The third-order valence-electron chi connectivity index (χ3n) is 4.01. The molecular formula is C15H23NO5. The molecule has 0 aromatic carbocycles. The quantitative estimate of drug-likeness (QED) is 0.688. The highest BCUT2D eigenvalue weighted by Gasteiger charge is 2.45. The third-order valence-corrected chi connectivity index (χ3v) is 4.01. The molecule has 1 unspecified atom stereocenters. The predicted octanol–water partition coefficient (Wildman–Crippen LogP) is 1.62. The molecule has 21 heavy (non-hydrogen) atoms. The number of amides is 1. The molecule has 1 aliphatic heterocycles. The third kappa shape index (κ3) is 3.54. The van der Waals surface area contributed by atoms with Crippen LogP contribution in [0.1, 0.15) is 33.6 Å². The second-order valence-electron chi connectivity index (χ2n) is 6.87. The first-order chi connectivity index (χ1) is 9.71. The van der Waals surface area contributed by atoms with Crippen molar-refractivity contribution in [2.45, 2.75) is 39.2 Å². The van der Waals surface area contributed by atoms with Crippen LogP contribution in [-0.4, -0.2) is 48.5 Å². The Labute approximate surface area is 124 Å². The second-order valence-corrected chi connectivity index (χ2v) is 6.87. The number of rotatable bonds is 1. The van der Waals surface area contributed by atoms with Gasteiger partial charge in [-0.25, -0.2) is 4.79 Å². The van der Waals surface area contributed by atoms with Gasteiger partial charge in [-0.05, 0) is 33.6 Å². The van der Waals surface area contributed by atoms with Crippen LogP contribution in [0.2, 0.25) is 0 Å². The van der Waals surface area contributed by atoms with Gasteiger partial charge in [0.05, 0.1) is 13.0 Å². The van der Waals surface area contributed by atoms with Crippen molar-refractivity contribution in [2.75, 3.05) is 20.2 Å². The Morgan fingerprint density at radius 1 is 1.14 bits per heavy atom. The van der Waals surface area contributed by atoms with Crippen LogP contribution in [0.5, 0.6) is 0 Å². The van der Waals surface area contributed by atoms with Crippen LogP contribution in [0.25, 0.3) is 0 Å². The highest BCUT2D eigenvalue weighted by atomic mass is 16.6. The second kappa shape index (κ2) is 5.66. The molecule has 2 bridgehead atoms. The fourth-order valence-electron chi connectivity index (χ4n) is 3.12. The number of piperidine rings is 1. The Hall–Kier alpha value is -1.59. The molecule has 6 heteroatoms. The van der Waals surface area contributed by atoms with Gasteiger partial charge in [0.15, 0.2) is 0 Å². The molecule has 1 saturated carbocycles. The molecule has 1 heterocycles. The van der Waals surface area contributed by atoms with Crippen LogP contribution in [-0.2, 0) is 19.1 Å². The normalized spacial score (nSPS) is 29.0. The summed E-state index contributed by atoms with van der Waals surface area (Å²) in [6.07, 6.45) is 0.532. The Morgan fingerprint density at radius 3 is 2.10 bits per heavy atom. The summed E-state index contributed by atoms with van der Waals surface area (Å²) >= 11 is 0. The minimum Gasteiger partial charge on any atom is -0.469 e. The molecule has 2 rings (SSSR count). The van der Waals surface area contributed by atoms with Crippen molar-refractivity contribution < 1.29 is 23.9 Å². The Bertz CT molecular complexity index is 435. The van der Waals surface area contributed by atoms with E-state index in [0.29, 0.717) is 25.9 Å². The van der Waals surface area contributed by atoms with Crippen LogP contribution in [0.15, 0.2) is 0 Å². The van der Waals surface area contributed by atoms with Gasteiger partial charge in [0.25, 0.3) is 0 Å². The molecule has 0 N–H and O–H groups in total. The number of carbonyl (C=O) groups excluding carboxylic acids is 3. The van der Waals surface area contributed by atoms with Crippen molar-refractivity contribution in [3.8, 4) is 0 Å². The summed E-state index contributed by atoms with van der Waals surface area (Å²) in [5.41, 5.74) is -0.553. The van der Waals surface area contributed by atoms with E-state index in [1.807, 2.05) is 20.8 Å². The molecule has 2 fully saturated rings. The number of ketones is 1. The van der Waals surface area contributed by atoms with Crippen LogP contribution in [0.4, 0.5) is 4.79 Å². The van der Waals surface area contributed by atoms with Gasteiger partial charge in [0.2, 0.25) is 0 Å². The molecule has 0 aromatic rings. The lowest BCUT2D eigenvalue weighted by atomic mass is 9.71. The summed E-state index contributed by atoms with van der Waals surface area (Å²) in [6.45, 7) is 6.10. The molecule has 2 aliphatic rings. The molecule has 3 atom stereocenters. The molecule has 1 amide bonds. The number of fused-ring (bicyclic) bond motifs is 2. The zero-order valence-electron chi connectivity index (χ0n) is 13.0. The number of likely N-dealkylation sites (tertiary alicyclic amines) is 1. The van der Waals surface area contributed by atoms with E-state index >= 15 is 0 Å². The van der Waals surface area contributed by atoms with Gasteiger partial charge in [-0.3, -0.25) is 9.59 Å². The van der Waals surface area contributed by atoms with Gasteiger partial charge in [0, 0.05) is 24.9 Å². The van der Waals surface area contributed by atoms with E-state index in [2.05, 4.69) is 0 Å². The topological polar surface area (TPSA) is 72.9 Å². The van der Waals surface area contributed by atoms with Crippen molar-refractivity contribution in [1.82, 2.24) is 4.90 Å². The molecule has 118 valence electrons. The standard InChI is InChI=1S/C15H23NO5/c1-15(2,3)21-14(19)16-7-10-5-9(13(18)20-4)6-11(8-16)12(10)17/h9-11H,5-8H2,1-4H3/t9?,10-,11+. The average Bonchev–Trinajstić information content (AvgIpc) is 2.35. The average molecular weight is 297 g/mol. The summed E-state index contributed by atoms with van der Waals surface area (Å²) in [5, 5.41) is 0. The molecule has 0 spiro atoms. The number of nitrogens with zero attached hydrogens (tertiary/aromatic N) is 1. The highest BCUT2D eigenvalue weighted by molar-refractivity contribution is 5.89. The van der Waals surface area contributed by atoms with Crippen molar-refractivity contribution in [1.29, 1.82) is 0 Å². The Morgan fingerprint density at radius 2 is 1.67 bits per heavy atom. The molecule has 6 nitrogen and oxygen atoms in total. The summed E-state index contributed by atoms with van der Waals surface area (Å²) in [5.74, 6) is -0.898. The van der Waals surface area contributed by atoms with Crippen LogP contribution in [0.3, 0.4) is 0 Å². The largest absolute Gasteiger partial charge is 0.469 e. The molecule has 1 saturated heterocycles. The lowest BCUT2D eigenvalue weighted by Gasteiger charge is -2.42. The summed E-state index contributed by atoms with van der Waals surface area (Å²) < 4.78 is 10.1. The number of esters is 1. The number of hydrogen-bond donors (Lipinski definition) is 0. The smallest absolute Gasteiger partial charge is 0.410 e. The zero-order chi connectivity index (χ0) is 15.8. The van der Waals surface area contributed by atoms with Gasteiger partial charge < -0.3 is 14.4 Å². The lowest BCUT2D eigenvalue weighted by molar-refractivity contribution is -0.151. The Kier molecular flexibility index (Phi) is 4.25. The van der Waals surface area contributed by atoms with E-state index in [1.54, 1.807) is 4.90 Å². The van der Waals surface area contributed by atoms with Gasteiger partial charge in [-0.2, -0.15) is 0 Å². The van der Waals surface area contributed by atoms with E-state index in [4.69, 9.17) is 9.47 Å². The summed E-state index contributed by atoms with van der Waals surface area (Å²) in [4.78, 5) is 37.6. The molecule has 1 aliphatic carbocycles. The first-order valence-corrected chi connectivity index (χ1v) is 7.30. The van der Waals surface area contributed by atoms with Gasteiger partial charge in [0.1, 0.15) is 11.4 Å². The number of carbonyl (C=O) groups is 3. The van der Waals surface area contributed by atoms with E-state index in [-0.39, 0.29) is 35.6 Å². The van der Waals surface area contributed by atoms with E-state index in [9.17, 15) is 14.4 Å². The molecular weight excluding hydrogens is 274 g/mol. The van der Waals surface area contributed by atoms with Crippen LogP contribution in [0, 0.1) is 17.8 Å². The maximum atomic E-state index is 12.2. The number of ether oxygens (including phenoxy) is 2. The summed E-state index contributed by atoms with van der Waals surface area (Å²) in [6, 6.07) is 0. The SMILES string of the molecule is COC(=O)C1C[C@@H]2CN(C(=O)OC(C)(C)C)C[C@H](C1)C2=O. The van der Waals surface area contributed by atoms with Crippen molar-refractivity contribution in [3.63, 3.8) is 0 Å². The van der Waals surface area contributed by atoms with Gasteiger partial charge in [-0.15, -0.1) is 0 Å². The number of hydrogen-bond acceptors (Lipinski definition) is 5. The molecule has 0 radical (unpaired) electrons. The van der Waals surface area contributed by atoms with E-state index in [0.717, 1.165) is 0 Å². The lowest BCUT2D eigenvalue weighted by Crippen LogP contribution is -2.54. The minimum absolute atomic E-state index is 0.162. The molecule has 0 aromatic heterocycles. The van der Waals surface area contributed by atoms with Crippen molar-refractivity contribution >= 4 is 17.8 Å². The van der Waals surface area contributed by atoms with E-state index < -0.39 is 5.60 Å². The van der Waals surface area contributed by atoms with Gasteiger partial charge in [-0.1, -0.05) is 0 Å². The predicted molar refractivity (Wildman–Crippen MR) is 74.5 cm³/mol. The monoisotopic (exact) mass is 297 g/mol. The first-order valence-electron chi connectivity index (χ1n) is 7.30.